The molecule has 3 heterocycles. The molecule has 156 valence electrons. The molecule has 0 radical (unpaired) electrons. The Morgan fingerprint density at radius 2 is 2.17 bits per heavy atom. The molecule has 7 nitrogen and oxygen atoms in total. The molecule has 1 aliphatic heterocycles. The van der Waals surface area contributed by atoms with E-state index in [1.54, 1.807) is 18.3 Å². The number of nitrogens with zero attached hydrogens (tertiary/aromatic N) is 4. The number of amides is 1. The normalized spacial score (nSPS) is 18.2. The molecule has 1 saturated heterocycles. The average molecular weight is 426 g/mol. The number of halogens is 1. The summed E-state index contributed by atoms with van der Waals surface area (Å²) < 4.78 is 5.91. The summed E-state index contributed by atoms with van der Waals surface area (Å²) in [6.45, 7) is 5.50. The first-order valence-electron chi connectivity index (χ1n) is 10.1. The summed E-state index contributed by atoms with van der Waals surface area (Å²) in [5.41, 5.74) is 1.84. The van der Waals surface area contributed by atoms with E-state index >= 15 is 0 Å². The Hall–Kier alpha value is -2.77. The fourth-order valence-electron chi connectivity index (χ4n) is 3.64. The Morgan fingerprint density at radius 1 is 1.30 bits per heavy atom. The van der Waals surface area contributed by atoms with Crippen LogP contribution in [-0.2, 0) is 4.79 Å². The van der Waals surface area contributed by atoms with Crippen molar-refractivity contribution in [1.29, 1.82) is 0 Å². The minimum absolute atomic E-state index is 0.00611. The zero-order valence-electron chi connectivity index (χ0n) is 17.0. The van der Waals surface area contributed by atoms with Crippen molar-refractivity contribution in [2.45, 2.75) is 32.7 Å². The second kappa shape index (κ2) is 8.93. The number of likely N-dealkylation sites (tertiary alicyclic amines) is 1. The average Bonchev–Trinajstić information content (AvgIpc) is 3.25. The molecule has 0 bridgehead atoms. The van der Waals surface area contributed by atoms with Crippen LogP contribution in [0.25, 0.3) is 11.5 Å². The number of pyridine rings is 1. The van der Waals surface area contributed by atoms with Crippen LogP contribution in [0.3, 0.4) is 0 Å². The molecule has 2 unspecified atom stereocenters. The van der Waals surface area contributed by atoms with Crippen molar-refractivity contribution >= 4 is 23.3 Å². The number of benzene rings is 1. The number of carbonyl (C=O) groups excluding carboxylic acids is 1. The van der Waals surface area contributed by atoms with Crippen molar-refractivity contribution in [2.24, 2.45) is 5.92 Å². The topological polar surface area (TPSA) is 84.2 Å². The summed E-state index contributed by atoms with van der Waals surface area (Å²) in [7, 11) is 0. The molecule has 0 spiro atoms. The van der Waals surface area contributed by atoms with Crippen LogP contribution in [-0.4, -0.2) is 39.1 Å². The van der Waals surface area contributed by atoms with E-state index in [9.17, 15) is 4.79 Å². The van der Waals surface area contributed by atoms with Crippen molar-refractivity contribution in [1.82, 2.24) is 20.1 Å². The largest absolute Gasteiger partial charge is 0.419 e. The van der Waals surface area contributed by atoms with Crippen LogP contribution < -0.4 is 5.32 Å². The van der Waals surface area contributed by atoms with Gasteiger partial charge in [0.05, 0.1) is 12.0 Å². The van der Waals surface area contributed by atoms with Gasteiger partial charge in [0.1, 0.15) is 5.82 Å². The summed E-state index contributed by atoms with van der Waals surface area (Å²) in [6.07, 6.45) is 3.52. The number of anilines is 1. The molecule has 4 rings (SSSR count). The lowest BCUT2D eigenvalue weighted by molar-refractivity contribution is -0.121. The summed E-state index contributed by atoms with van der Waals surface area (Å²) in [4.78, 5) is 19.2. The van der Waals surface area contributed by atoms with Gasteiger partial charge in [0.25, 0.3) is 0 Å². The molecule has 30 heavy (non-hydrogen) atoms. The molecule has 1 aromatic carbocycles. The van der Waals surface area contributed by atoms with Crippen LogP contribution >= 0.6 is 11.6 Å². The molecule has 8 heteroatoms. The first-order chi connectivity index (χ1) is 14.5. The lowest BCUT2D eigenvalue weighted by Gasteiger charge is -2.34. The maximum absolute atomic E-state index is 12.7. The van der Waals surface area contributed by atoms with Crippen LogP contribution in [0.4, 0.5) is 5.82 Å². The predicted octanol–water partition coefficient (Wildman–Crippen LogP) is 4.51. The van der Waals surface area contributed by atoms with Crippen LogP contribution in [0.5, 0.6) is 0 Å². The zero-order valence-corrected chi connectivity index (χ0v) is 17.8. The molecule has 2 atom stereocenters. The molecule has 0 aliphatic carbocycles. The molecular weight excluding hydrogens is 402 g/mol. The standard InChI is InChI=1S/C22H24ClN5O2/c1-14-8-9-19(24-12-14)25-20(29)17-6-4-10-28(13-17)15(2)21-26-27-22(30-21)16-5-3-7-18(23)11-16/h3,5,7-9,11-12,15,17H,4,6,10,13H2,1-2H3,(H,24,25,29). The number of aryl methyl sites for hydroxylation is 1. The van der Waals surface area contributed by atoms with Crippen molar-refractivity contribution < 1.29 is 9.21 Å². The van der Waals surface area contributed by atoms with Crippen LogP contribution in [0, 0.1) is 12.8 Å². The predicted molar refractivity (Wildman–Crippen MR) is 115 cm³/mol. The molecule has 1 fully saturated rings. The maximum Gasteiger partial charge on any atom is 0.247 e. The molecule has 1 aliphatic rings. The third-order valence-electron chi connectivity index (χ3n) is 5.40. The summed E-state index contributed by atoms with van der Waals surface area (Å²) in [5, 5.41) is 11.9. The van der Waals surface area contributed by atoms with Crippen molar-refractivity contribution in [3.05, 3.63) is 59.1 Å². The monoisotopic (exact) mass is 425 g/mol. The van der Waals surface area contributed by atoms with E-state index in [1.807, 2.05) is 38.1 Å². The van der Waals surface area contributed by atoms with Gasteiger partial charge in [-0.05, 0) is 63.1 Å². The SMILES string of the molecule is Cc1ccc(NC(=O)C2CCCN(C(C)c3nnc(-c4cccc(Cl)c4)o3)C2)nc1. The minimum atomic E-state index is -0.111. The summed E-state index contributed by atoms with van der Waals surface area (Å²) in [5.74, 6) is 1.44. The molecule has 1 N–H and O–H groups in total. The van der Waals surface area contributed by atoms with E-state index in [0.717, 1.165) is 30.5 Å². The van der Waals surface area contributed by atoms with Crippen molar-refractivity contribution in [3.63, 3.8) is 0 Å². The van der Waals surface area contributed by atoms with E-state index in [4.69, 9.17) is 16.0 Å². The van der Waals surface area contributed by atoms with Crippen LogP contribution in [0.2, 0.25) is 5.02 Å². The number of hydrogen-bond donors (Lipinski definition) is 1. The Bertz CT molecular complexity index is 1020. The number of rotatable bonds is 5. The number of aromatic nitrogens is 3. The van der Waals surface area contributed by atoms with Gasteiger partial charge < -0.3 is 9.73 Å². The fraction of sp³-hybridized carbons (Fsp3) is 0.364. The van der Waals surface area contributed by atoms with Gasteiger partial charge in [0.15, 0.2) is 0 Å². The highest BCUT2D eigenvalue weighted by molar-refractivity contribution is 6.30. The first kappa shape index (κ1) is 20.5. The van der Waals surface area contributed by atoms with E-state index < -0.39 is 0 Å². The molecule has 1 amide bonds. The second-order valence-corrected chi connectivity index (χ2v) is 8.11. The third kappa shape index (κ3) is 4.68. The van der Waals surface area contributed by atoms with Gasteiger partial charge in [-0.2, -0.15) is 0 Å². The number of nitrogens with one attached hydrogen (secondary N) is 1. The molecule has 0 saturated carbocycles. The van der Waals surface area contributed by atoms with Gasteiger partial charge in [-0.1, -0.05) is 23.7 Å². The van der Waals surface area contributed by atoms with E-state index in [-0.39, 0.29) is 17.9 Å². The Labute approximate surface area is 180 Å². The zero-order chi connectivity index (χ0) is 21.1. The smallest absolute Gasteiger partial charge is 0.247 e. The quantitative estimate of drug-likeness (QED) is 0.647. The van der Waals surface area contributed by atoms with Gasteiger partial charge >= 0.3 is 0 Å². The lowest BCUT2D eigenvalue weighted by atomic mass is 9.96. The number of carbonyl (C=O) groups is 1. The fourth-order valence-corrected chi connectivity index (χ4v) is 3.83. The number of piperidine rings is 1. The van der Waals surface area contributed by atoms with E-state index in [1.165, 1.54) is 0 Å². The first-order valence-corrected chi connectivity index (χ1v) is 10.4. The van der Waals surface area contributed by atoms with E-state index in [0.29, 0.717) is 29.2 Å². The maximum atomic E-state index is 12.7. The minimum Gasteiger partial charge on any atom is -0.419 e. The summed E-state index contributed by atoms with van der Waals surface area (Å²) in [6, 6.07) is 11.0. The molecule has 3 aromatic rings. The van der Waals surface area contributed by atoms with Gasteiger partial charge in [0, 0.05) is 23.3 Å². The third-order valence-corrected chi connectivity index (χ3v) is 5.64. The van der Waals surface area contributed by atoms with Crippen molar-refractivity contribution in [2.75, 3.05) is 18.4 Å². The lowest BCUT2D eigenvalue weighted by Crippen LogP contribution is -2.42. The Morgan fingerprint density at radius 3 is 2.93 bits per heavy atom. The highest BCUT2D eigenvalue weighted by atomic mass is 35.5. The van der Waals surface area contributed by atoms with Gasteiger partial charge in [-0.25, -0.2) is 4.98 Å². The highest BCUT2D eigenvalue weighted by Gasteiger charge is 2.31. The Kier molecular flexibility index (Phi) is 6.11. The van der Waals surface area contributed by atoms with Crippen LogP contribution in [0.15, 0.2) is 47.0 Å². The van der Waals surface area contributed by atoms with E-state index in [2.05, 4.69) is 25.4 Å². The van der Waals surface area contributed by atoms with Crippen molar-refractivity contribution in [3.8, 4) is 11.5 Å². The van der Waals surface area contributed by atoms with Gasteiger partial charge in [0.2, 0.25) is 17.7 Å². The van der Waals surface area contributed by atoms with Gasteiger partial charge in [-0.3, -0.25) is 9.69 Å². The second-order valence-electron chi connectivity index (χ2n) is 7.68. The van der Waals surface area contributed by atoms with Gasteiger partial charge in [-0.15, -0.1) is 10.2 Å². The summed E-state index contributed by atoms with van der Waals surface area (Å²) >= 11 is 6.06. The highest BCUT2D eigenvalue weighted by Crippen LogP contribution is 2.29. The molecule has 2 aromatic heterocycles. The number of hydrogen-bond acceptors (Lipinski definition) is 6. The molecular formula is C22H24ClN5O2. The Balaban J connectivity index is 1.41. The van der Waals surface area contributed by atoms with Crippen LogP contribution in [0.1, 0.15) is 37.3 Å².